The molecule has 1 fully saturated rings. The predicted molar refractivity (Wildman–Crippen MR) is 89.5 cm³/mol. The Morgan fingerprint density at radius 2 is 2.12 bits per heavy atom. The van der Waals surface area contributed by atoms with E-state index in [4.69, 9.17) is 0 Å². The molecule has 3 rings (SSSR count). The zero-order chi connectivity index (χ0) is 17.3. The van der Waals surface area contributed by atoms with Crippen molar-refractivity contribution in [3.8, 4) is 0 Å². The number of rotatable bonds is 4. The number of carbonyl (C=O) groups excluding carboxylic acids is 1. The molecule has 1 atom stereocenters. The molecule has 0 bridgehead atoms. The van der Waals surface area contributed by atoms with E-state index in [0.717, 1.165) is 49.8 Å². The van der Waals surface area contributed by atoms with Gasteiger partial charge in [0, 0.05) is 32.4 Å². The Morgan fingerprint density at radius 3 is 2.75 bits per heavy atom. The van der Waals surface area contributed by atoms with Crippen LogP contribution in [0.2, 0.25) is 0 Å². The van der Waals surface area contributed by atoms with Gasteiger partial charge in [-0.25, -0.2) is 0 Å². The minimum absolute atomic E-state index is 0.0972. The Labute approximate surface area is 141 Å². The smallest absolute Gasteiger partial charge is 0.272 e. The summed E-state index contributed by atoms with van der Waals surface area (Å²) >= 11 is 0. The Bertz CT molecular complexity index is 713. The van der Waals surface area contributed by atoms with E-state index in [9.17, 15) is 4.79 Å². The molecule has 130 valence electrons. The number of hydrogen-bond donors (Lipinski definition) is 1. The van der Waals surface area contributed by atoms with E-state index in [2.05, 4.69) is 25.5 Å². The summed E-state index contributed by atoms with van der Waals surface area (Å²) in [7, 11) is 3.83. The van der Waals surface area contributed by atoms with Gasteiger partial charge >= 0.3 is 0 Å². The fourth-order valence-electron chi connectivity index (χ4n) is 3.04. The van der Waals surface area contributed by atoms with E-state index in [-0.39, 0.29) is 11.9 Å². The third kappa shape index (κ3) is 3.48. The van der Waals surface area contributed by atoms with Crippen molar-refractivity contribution in [2.45, 2.75) is 39.3 Å². The molecule has 1 N–H and O–H groups in total. The van der Waals surface area contributed by atoms with Crippen LogP contribution in [0.3, 0.4) is 0 Å². The first-order valence-corrected chi connectivity index (χ1v) is 8.32. The highest BCUT2D eigenvalue weighted by Gasteiger charge is 2.24. The van der Waals surface area contributed by atoms with E-state index in [1.54, 1.807) is 4.68 Å². The number of piperidine rings is 1. The van der Waals surface area contributed by atoms with Gasteiger partial charge in [0.15, 0.2) is 0 Å². The highest BCUT2D eigenvalue weighted by Crippen LogP contribution is 2.14. The zero-order valence-electron chi connectivity index (χ0n) is 14.8. The maximum Gasteiger partial charge on any atom is 0.272 e. The molecule has 1 amide bonds. The summed E-state index contributed by atoms with van der Waals surface area (Å²) in [4.78, 5) is 14.7. The summed E-state index contributed by atoms with van der Waals surface area (Å²) in [6.07, 6.45) is 2.05. The zero-order valence-corrected chi connectivity index (χ0v) is 14.8. The molecule has 0 aromatic carbocycles. The van der Waals surface area contributed by atoms with Crippen molar-refractivity contribution >= 4 is 5.91 Å². The van der Waals surface area contributed by atoms with Crippen molar-refractivity contribution in [3.63, 3.8) is 0 Å². The van der Waals surface area contributed by atoms with Crippen LogP contribution in [0, 0.1) is 13.8 Å². The van der Waals surface area contributed by atoms with Crippen LogP contribution in [0.15, 0.2) is 6.07 Å². The van der Waals surface area contributed by atoms with Gasteiger partial charge in [0.05, 0.1) is 6.54 Å². The largest absolute Gasteiger partial charge is 0.347 e. The molecule has 1 saturated heterocycles. The molecular formula is C16H25N7O. The minimum atomic E-state index is -0.0972. The van der Waals surface area contributed by atoms with Crippen molar-refractivity contribution in [1.82, 2.24) is 34.8 Å². The molecule has 1 aliphatic rings. The fraction of sp³-hybridized carbons (Fsp3) is 0.625. The highest BCUT2D eigenvalue weighted by molar-refractivity contribution is 5.92. The molecule has 1 unspecified atom stereocenters. The van der Waals surface area contributed by atoms with Crippen molar-refractivity contribution in [3.05, 3.63) is 29.1 Å². The first-order chi connectivity index (χ1) is 11.4. The van der Waals surface area contributed by atoms with Crippen molar-refractivity contribution in [2.75, 3.05) is 13.1 Å². The van der Waals surface area contributed by atoms with Crippen LogP contribution in [0.5, 0.6) is 0 Å². The Hall–Kier alpha value is -2.22. The maximum atomic E-state index is 12.4. The fourth-order valence-corrected chi connectivity index (χ4v) is 3.04. The summed E-state index contributed by atoms with van der Waals surface area (Å²) in [5.41, 5.74) is 1.46. The van der Waals surface area contributed by atoms with Gasteiger partial charge in [-0.2, -0.15) is 5.10 Å². The lowest BCUT2D eigenvalue weighted by Crippen LogP contribution is -2.47. The SMILES string of the molecule is Cc1cc(C(=O)NC2CCCN(Cc3nnc(C)n3C)C2)nn1C. The molecule has 0 spiro atoms. The first-order valence-electron chi connectivity index (χ1n) is 8.32. The number of carbonyl (C=O) groups is 1. The molecule has 8 heteroatoms. The van der Waals surface area contributed by atoms with Crippen LogP contribution < -0.4 is 5.32 Å². The second-order valence-corrected chi connectivity index (χ2v) is 6.56. The van der Waals surface area contributed by atoms with E-state index in [1.807, 2.05) is 38.6 Å². The molecule has 24 heavy (non-hydrogen) atoms. The molecule has 3 heterocycles. The number of nitrogens with zero attached hydrogens (tertiary/aromatic N) is 6. The Balaban J connectivity index is 1.59. The molecule has 2 aromatic rings. The lowest BCUT2D eigenvalue weighted by atomic mass is 10.1. The topological polar surface area (TPSA) is 80.9 Å². The molecule has 0 aliphatic carbocycles. The molecule has 0 radical (unpaired) electrons. The molecule has 1 aliphatic heterocycles. The number of likely N-dealkylation sites (tertiary alicyclic amines) is 1. The third-order valence-electron chi connectivity index (χ3n) is 4.73. The van der Waals surface area contributed by atoms with Crippen LogP contribution in [0.1, 0.15) is 40.7 Å². The maximum absolute atomic E-state index is 12.4. The second kappa shape index (κ2) is 6.72. The van der Waals surface area contributed by atoms with E-state index < -0.39 is 0 Å². The van der Waals surface area contributed by atoms with Crippen LogP contribution in [0.25, 0.3) is 0 Å². The summed E-state index contributed by atoms with van der Waals surface area (Å²) < 4.78 is 3.73. The van der Waals surface area contributed by atoms with Crippen LogP contribution >= 0.6 is 0 Å². The van der Waals surface area contributed by atoms with Crippen LogP contribution in [0.4, 0.5) is 0 Å². The van der Waals surface area contributed by atoms with Gasteiger partial charge in [-0.3, -0.25) is 14.4 Å². The lowest BCUT2D eigenvalue weighted by molar-refractivity contribution is 0.0893. The number of amides is 1. The predicted octanol–water partition coefficient (Wildman–Crippen LogP) is 0.560. The highest BCUT2D eigenvalue weighted by atomic mass is 16.2. The minimum Gasteiger partial charge on any atom is -0.347 e. The van der Waals surface area contributed by atoms with Gasteiger partial charge in [-0.05, 0) is 39.3 Å². The van der Waals surface area contributed by atoms with Gasteiger partial charge in [0.2, 0.25) is 0 Å². The van der Waals surface area contributed by atoms with Crippen molar-refractivity contribution in [2.24, 2.45) is 14.1 Å². The number of nitrogens with one attached hydrogen (secondary N) is 1. The van der Waals surface area contributed by atoms with Gasteiger partial charge in [-0.15, -0.1) is 10.2 Å². The van der Waals surface area contributed by atoms with E-state index in [0.29, 0.717) is 5.69 Å². The molecule has 8 nitrogen and oxygen atoms in total. The summed E-state index contributed by atoms with van der Waals surface area (Å²) in [6.45, 7) is 6.48. The van der Waals surface area contributed by atoms with Crippen molar-refractivity contribution in [1.29, 1.82) is 0 Å². The summed E-state index contributed by atoms with van der Waals surface area (Å²) in [6, 6.07) is 1.96. The number of hydrogen-bond acceptors (Lipinski definition) is 5. The standard InChI is InChI=1S/C16H25N7O/c1-11-8-14(20-22(11)4)16(24)17-13-6-5-7-23(9-13)10-15-19-18-12(2)21(15)3/h8,13H,5-7,9-10H2,1-4H3,(H,17,24). The average molecular weight is 331 g/mol. The Morgan fingerprint density at radius 1 is 1.33 bits per heavy atom. The van der Waals surface area contributed by atoms with E-state index >= 15 is 0 Å². The van der Waals surface area contributed by atoms with E-state index in [1.165, 1.54) is 0 Å². The summed E-state index contributed by atoms with van der Waals surface area (Å²) in [5.74, 6) is 1.78. The average Bonchev–Trinajstić information content (AvgIpc) is 3.05. The van der Waals surface area contributed by atoms with Crippen LogP contribution in [-0.4, -0.2) is 54.5 Å². The second-order valence-electron chi connectivity index (χ2n) is 6.56. The van der Waals surface area contributed by atoms with Gasteiger partial charge in [0.25, 0.3) is 5.91 Å². The normalized spacial score (nSPS) is 18.8. The Kier molecular flexibility index (Phi) is 4.66. The number of aromatic nitrogens is 5. The summed E-state index contributed by atoms with van der Waals surface area (Å²) in [5, 5.41) is 15.7. The monoisotopic (exact) mass is 331 g/mol. The molecule has 2 aromatic heterocycles. The quantitative estimate of drug-likeness (QED) is 0.885. The van der Waals surface area contributed by atoms with Crippen LogP contribution in [-0.2, 0) is 20.6 Å². The molecular weight excluding hydrogens is 306 g/mol. The van der Waals surface area contributed by atoms with Gasteiger partial charge < -0.3 is 9.88 Å². The van der Waals surface area contributed by atoms with Crippen molar-refractivity contribution < 1.29 is 4.79 Å². The van der Waals surface area contributed by atoms with Gasteiger partial charge in [0.1, 0.15) is 17.3 Å². The van der Waals surface area contributed by atoms with Gasteiger partial charge in [-0.1, -0.05) is 0 Å². The third-order valence-corrected chi connectivity index (χ3v) is 4.73. The first kappa shape index (κ1) is 16.6. The molecule has 0 saturated carbocycles. The number of aryl methyl sites for hydroxylation is 3. The lowest BCUT2D eigenvalue weighted by Gasteiger charge is -2.32.